The van der Waals surface area contributed by atoms with Gasteiger partial charge in [0.15, 0.2) is 0 Å². The van der Waals surface area contributed by atoms with Crippen molar-refractivity contribution < 1.29 is 0 Å². The molecule has 0 amide bonds. The van der Waals surface area contributed by atoms with E-state index >= 15 is 0 Å². The van der Waals surface area contributed by atoms with Crippen molar-refractivity contribution in [2.45, 2.75) is 10.6 Å². The van der Waals surface area contributed by atoms with Gasteiger partial charge in [0, 0.05) is 20.1 Å². The van der Waals surface area contributed by atoms with Crippen LogP contribution in [0.25, 0.3) is 0 Å². The maximum absolute atomic E-state index is 8.91. The topological polar surface area (TPSA) is 23.8 Å². The van der Waals surface area contributed by atoms with Crippen LogP contribution in [0.5, 0.6) is 0 Å². The lowest BCUT2D eigenvalue weighted by atomic mass is 10.2. The summed E-state index contributed by atoms with van der Waals surface area (Å²) in [6.45, 7) is 0. The second kappa shape index (κ2) is 6.29. The third kappa shape index (κ3) is 3.52. The second-order valence-corrected chi connectivity index (χ2v) is 6.04. The van der Waals surface area contributed by atoms with Crippen LogP contribution < -0.4 is 0 Å². The fourth-order valence-corrected chi connectivity index (χ4v) is 3.41. The van der Waals surface area contributed by atoms with E-state index in [0.717, 1.165) is 25.7 Å². The van der Waals surface area contributed by atoms with Crippen molar-refractivity contribution in [2.75, 3.05) is 0 Å². The van der Waals surface area contributed by atoms with E-state index in [-0.39, 0.29) is 0 Å². The van der Waals surface area contributed by atoms with Crippen LogP contribution in [0.1, 0.15) is 11.1 Å². The molecule has 0 aliphatic heterocycles. The Morgan fingerprint density at radius 2 is 2.00 bits per heavy atom. The Balaban J connectivity index is 2.14. The van der Waals surface area contributed by atoms with Gasteiger partial charge >= 0.3 is 0 Å². The Bertz CT molecular complexity index is 607. The maximum Gasteiger partial charge on any atom is 0.0992 e. The summed E-state index contributed by atoms with van der Waals surface area (Å²) in [6, 6.07) is 15.6. The van der Waals surface area contributed by atoms with Gasteiger partial charge in [-0.25, -0.2) is 0 Å². The zero-order valence-electron chi connectivity index (χ0n) is 9.36. The van der Waals surface area contributed by atoms with Crippen molar-refractivity contribution in [3.8, 4) is 6.07 Å². The van der Waals surface area contributed by atoms with Crippen molar-refractivity contribution in [1.82, 2.24) is 0 Å². The minimum absolute atomic E-state index is 0.658. The van der Waals surface area contributed by atoms with Gasteiger partial charge in [-0.2, -0.15) is 5.26 Å². The van der Waals surface area contributed by atoms with Gasteiger partial charge in [-0.05, 0) is 29.8 Å². The number of halogens is 2. The molecular formula is C14H9BrClNS. The lowest BCUT2D eigenvalue weighted by Crippen LogP contribution is -1.83. The van der Waals surface area contributed by atoms with Crippen LogP contribution in [0.4, 0.5) is 0 Å². The smallest absolute Gasteiger partial charge is 0.0992 e. The summed E-state index contributed by atoms with van der Waals surface area (Å²) in [4.78, 5) is 1.06. The summed E-state index contributed by atoms with van der Waals surface area (Å²) in [5, 5.41) is 9.69. The molecule has 0 saturated heterocycles. The molecule has 0 N–H and O–H groups in total. The van der Waals surface area contributed by atoms with Gasteiger partial charge in [-0.1, -0.05) is 45.7 Å². The van der Waals surface area contributed by atoms with Crippen molar-refractivity contribution in [3.63, 3.8) is 0 Å². The summed E-state index contributed by atoms with van der Waals surface area (Å²) in [5.74, 6) is 0.793. The zero-order valence-corrected chi connectivity index (χ0v) is 12.5. The van der Waals surface area contributed by atoms with E-state index in [0.29, 0.717) is 5.56 Å². The van der Waals surface area contributed by atoms with Crippen LogP contribution in [0, 0.1) is 11.3 Å². The fourth-order valence-electron chi connectivity index (χ4n) is 1.49. The van der Waals surface area contributed by atoms with Gasteiger partial charge in [-0.15, -0.1) is 11.8 Å². The molecule has 0 aliphatic rings. The minimum atomic E-state index is 0.658. The van der Waals surface area contributed by atoms with Crippen LogP contribution in [0.15, 0.2) is 51.8 Å². The predicted octanol–water partition coefficient (Wildman–Crippen LogP) is 5.27. The van der Waals surface area contributed by atoms with Gasteiger partial charge in [0.25, 0.3) is 0 Å². The highest BCUT2D eigenvalue weighted by atomic mass is 79.9. The number of hydrogen-bond donors (Lipinski definition) is 0. The Morgan fingerprint density at radius 3 is 2.72 bits per heavy atom. The number of benzene rings is 2. The fraction of sp³-hybridized carbons (Fsp3) is 0.0714. The Labute approximate surface area is 124 Å². The molecule has 2 aromatic rings. The Morgan fingerprint density at radius 1 is 1.22 bits per heavy atom. The van der Waals surface area contributed by atoms with Gasteiger partial charge < -0.3 is 0 Å². The lowest BCUT2D eigenvalue weighted by molar-refractivity contribution is 1.35. The maximum atomic E-state index is 8.91. The van der Waals surface area contributed by atoms with Gasteiger partial charge in [0.05, 0.1) is 11.6 Å². The molecule has 0 spiro atoms. The molecule has 2 rings (SSSR count). The molecule has 0 aliphatic carbocycles. The minimum Gasteiger partial charge on any atom is -0.192 e. The number of thioether (sulfide) groups is 1. The molecule has 1 nitrogen and oxygen atoms in total. The van der Waals surface area contributed by atoms with E-state index in [1.165, 1.54) is 0 Å². The molecule has 0 atom stereocenters. The summed E-state index contributed by atoms with van der Waals surface area (Å²) in [7, 11) is 0. The molecule has 0 saturated carbocycles. The highest BCUT2D eigenvalue weighted by Gasteiger charge is 2.03. The van der Waals surface area contributed by atoms with Crippen molar-refractivity contribution in [2.24, 2.45) is 0 Å². The number of nitriles is 1. The van der Waals surface area contributed by atoms with Crippen LogP contribution in [0.3, 0.4) is 0 Å². The van der Waals surface area contributed by atoms with E-state index in [9.17, 15) is 0 Å². The van der Waals surface area contributed by atoms with Gasteiger partial charge in [0.2, 0.25) is 0 Å². The molecule has 90 valence electrons. The molecule has 0 radical (unpaired) electrons. The number of rotatable bonds is 3. The highest BCUT2D eigenvalue weighted by molar-refractivity contribution is 9.10. The molecule has 0 aromatic heterocycles. The largest absolute Gasteiger partial charge is 0.192 e. The van der Waals surface area contributed by atoms with E-state index in [1.807, 2.05) is 36.4 Å². The molecule has 0 unspecified atom stereocenters. The summed E-state index contributed by atoms with van der Waals surface area (Å²) >= 11 is 11.2. The second-order valence-electron chi connectivity index (χ2n) is 3.67. The van der Waals surface area contributed by atoms with E-state index < -0.39 is 0 Å². The van der Waals surface area contributed by atoms with Crippen LogP contribution in [0.2, 0.25) is 5.02 Å². The SMILES string of the molecule is N#Cc1cc(Br)cc(SCc2ccccc2Cl)c1. The third-order valence-electron chi connectivity index (χ3n) is 2.35. The Kier molecular flexibility index (Phi) is 4.71. The van der Waals surface area contributed by atoms with Gasteiger partial charge in [-0.3, -0.25) is 0 Å². The van der Waals surface area contributed by atoms with Crippen LogP contribution in [-0.2, 0) is 5.75 Å². The highest BCUT2D eigenvalue weighted by Crippen LogP contribution is 2.29. The first kappa shape index (κ1) is 13.5. The Hall–Kier alpha value is -0.950. The van der Waals surface area contributed by atoms with Crippen molar-refractivity contribution in [1.29, 1.82) is 5.26 Å². The van der Waals surface area contributed by atoms with Gasteiger partial charge in [0.1, 0.15) is 0 Å². The normalized spacial score (nSPS) is 10.1. The first-order valence-electron chi connectivity index (χ1n) is 5.26. The summed E-state index contributed by atoms with van der Waals surface area (Å²) < 4.78 is 0.920. The molecule has 0 heterocycles. The van der Waals surface area contributed by atoms with Crippen LogP contribution in [-0.4, -0.2) is 0 Å². The average molecular weight is 339 g/mol. The molecular weight excluding hydrogens is 330 g/mol. The monoisotopic (exact) mass is 337 g/mol. The van der Waals surface area contributed by atoms with Crippen molar-refractivity contribution >= 4 is 39.3 Å². The number of hydrogen-bond acceptors (Lipinski definition) is 2. The number of nitrogens with zero attached hydrogens (tertiary/aromatic N) is 1. The van der Waals surface area contributed by atoms with Crippen LogP contribution >= 0.6 is 39.3 Å². The first-order chi connectivity index (χ1) is 8.69. The molecule has 0 bridgehead atoms. The average Bonchev–Trinajstić information content (AvgIpc) is 2.37. The quantitative estimate of drug-likeness (QED) is 0.712. The summed E-state index contributed by atoms with van der Waals surface area (Å²) in [5.41, 5.74) is 1.76. The van der Waals surface area contributed by atoms with Crippen molar-refractivity contribution in [3.05, 3.63) is 63.1 Å². The standard InChI is InChI=1S/C14H9BrClNS/c15-12-5-10(8-17)6-13(7-12)18-9-11-3-1-2-4-14(11)16/h1-7H,9H2. The first-order valence-corrected chi connectivity index (χ1v) is 7.41. The molecule has 4 heteroatoms. The van der Waals surface area contributed by atoms with E-state index in [2.05, 4.69) is 22.0 Å². The van der Waals surface area contributed by atoms with E-state index in [1.54, 1.807) is 17.8 Å². The summed E-state index contributed by atoms with van der Waals surface area (Å²) in [6.07, 6.45) is 0. The molecule has 0 fully saturated rings. The molecule has 2 aromatic carbocycles. The third-order valence-corrected chi connectivity index (χ3v) is 4.20. The molecule has 18 heavy (non-hydrogen) atoms. The van der Waals surface area contributed by atoms with E-state index in [4.69, 9.17) is 16.9 Å². The lowest BCUT2D eigenvalue weighted by Gasteiger charge is -2.05. The predicted molar refractivity (Wildman–Crippen MR) is 79.9 cm³/mol. The zero-order chi connectivity index (χ0) is 13.0.